The molecule has 0 saturated heterocycles. The summed E-state index contributed by atoms with van der Waals surface area (Å²) in [5.74, 6) is 0. The third-order valence-corrected chi connectivity index (χ3v) is 4.08. The van der Waals surface area contributed by atoms with Gasteiger partial charge in [0.05, 0.1) is 0 Å². The normalized spacial score (nSPS) is 14.6. The molecule has 1 aromatic rings. The van der Waals surface area contributed by atoms with Crippen LogP contribution in [0.5, 0.6) is 0 Å². The molecular weight excluding hydrogens is 232 g/mol. The zero-order chi connectivity index (χ0) is 14.3. The highest BCUT2D eigenvalue weighted by Gasteiger charge is 2.14. The van der Waals surface area contributed by atoms with Crippen molar-refractivity contribution in [3.63, 3.8) is 0 Å². The van der Waals surface area contributed by atoms with E-state index in [1.54, 1.807) is 0 Å². The quantitative estimate of drug-likeness (QED) is 0.769. The van der Waals surface area contributed by atoms with Gasteiger partial charge in [0.1, 0.15) is 0 Å². The van der Waals surface area contributed by atoms with Gasteiger partial charge in [-0.2, -0.15) is 0 Å². The minimum absolute atomic E-state index is 0.412. The number of hydrogen-bond donors (Lipinski definition) is 1. The Hall–Kier alpha value is -0.860. The Balaban J connectivity index is 2.68. The van der Waals surface area contributed by atoms with E-state index in [1.165, 1.54) is 30.4 Å². The Morgan fingerprint density at radius 3 is 2.26 bits per heavy atom. The molecule has 0 aliphatic rings. The highest BCUT2D eigenvalue weighted by Crippen LogP contribution is 2.17. The van der Waals surface area contributed by atoms with E-state index in [4.69, 9.17) is 0 Å². The molecule has 2 nitrogen and oxygen atoms in total. The molecule has 1 N–H and O–H groups in total. The number of rotatable bonds is 8. The molecule has 0 fully saturated rings. The summed E-state index contributed by atoms with van der Waals surface area (Å²) in [6, 6.07) is 10.1. The molecule has 0 amide bonds. The zero-order valence-corrected chi connectivity index (χ0v) is 13.2. The van der Waals surface area contributed by atoms with Crippen LogP contribution < -0.4 is 5.32 Å². The molecule has 0 heterocycles. The molecule has 108 valence electrons. The van der Waals surface area contributed by atoms with Crippen LogP contribution in [0.1, 0.15) is 50.8 Å². The van der Waals surface area contributed by atoms with Crippen molar-refractivity contribution >= 4 is 0 Å². The fourth-order valence-corrected chi connectivity index (χ4v) is 2.35. The van der Waals surface area contributed by atoms with Crippen molar-refractivity contribution in [2.24, 2.45) is 0 Å². The molecule has 2 heteroatoms. The second-order valence-corrected chi connectivity index (χ2v) is 5.53. The maximum atomic E-state index is 3.44. The summed E-state index contributed by atoms with van der Waals surface area (Å²) in [6.07, 6.45) is 3.59. The lowest BCUT2D eigenvalue weighted by atomic mass is 10.0. The van der Waals surface area contributed by atoms with Crippen molar-refractivity contribution in [2.45, 2.75) is 52.1 Å². The van der Waals surface area contributed by atoms with Crippen LogP contribution in [0, 0.1) is 0 Å². The van der Waals surface area contributed by atoms with Gasteiger partial charge in [0.25, 0.3) is 0 Å². The van der Waals surface area contributed by atoms with E-state index in [2.05, 4.69) is 69.3 Å². The van der Waals surface area contributed by atoms with Gasteiger partial charge in [-0.3, -0.25) is 0 Å². The van der Waals surface area contributed by atoms with E-state index in [1.807, 2.05) is 0 Å². The lowest BCUT2D eigenvalue weighted by Crippen LogP contribution is -2.36. The fraction of sp³-hybridized carbons (Fsp3) is 0.647. The number of likely N-dealkylation sites (N-methyl/N-ethyl adjacent to an activating group) is 2. The van der Waals surface area contributed by atoms with Crippen LogP contribution >= 0.6 is 0 Å². The van der Waals surface area contributed by atoms with Crippen molar-refractivity contribution in [1.82, 2.24) is 10.2 Å². The first-order valence-electron chi connectivity index (χ1n) is 7.58. The first-order chi connectivity index (χ1) is 9.12. The SMILES string of the molecule is CCCc1ccc(C(CN(C)C(C)CC)NC)cc1. The average Bonchev–Trinajstić information content (AvgIpc) is 2.45. The summed E-state index contributed by atoms with van der Waals surface area (Å²) in [5, 5.41) is 3.44. The summed E-state index contributed by atoms with van der Waals surface area (Å²) in [4.78, 5) is 2.43. The van der Waals surface area contributed by atoms with Crippen LogP contribution in [0.3, 0.4) is 0 Å². The Bertz CT molecular complexity index is 345. The van der Waals surface area contributed by atoms with Gasteiger partial charge in [-0.25, -0.2) is 0 Å². The number of benzene rings is 1. The van der Waals surface area contributed by atoms with Crippen LogP contribution in [0.25, 0.3) is 0 Å². The van der Waals surface area contributed by atoms with Gasteiger partial charge < -0.3 is 10.2 Å². The van der Waals surface area contributed by atoms with Gasteiger partial charge in [-0.05, 0) is 45.0 Å². The second kappa shape index (κ2) is 8.34. The highest BCUT2D eigenvalue weighted by atomic mass is 15.1. The molecule has 2 atom stereocenters. The smallest absolute Gasteiger partial charge is 0.0446 e. The van der Waals surface area contributed by atoms with Crippen molar-refractivity contribution in [3.8, 4) is 0 Å². The molecule has 2 unspecified atom stereocenters. The summed E-state index contributed by atoms with van der Waals surface area (Å²) >= 11 is 0. The number of aryl methyl sites for hydroxylation is 1. The molecule has 0 aliphatic heterocycles. The Morgan fingerprint density at radius 1 is 1.16 bits per heavy atom. The minimum Gasteiger partial charge on any atom is -0.312 e. The van der Waals surface area contributed by atoms with Gasteiger partial charge >= 0.3 is 0 Å². The molecule has 0 saturated carbocycles. The lowest BCUT2D eigenvalue weighted by molar-refractivity contribution is 0.228. The van der Waals surface area contributed by atoms with Crippen molar-refractivity contribution in [2.75, 3.05) is 20.6 Å². The van der Waals surface area contributed by atoms with Gasteiger partial charge in [0.15, 0.2) is 0 Å². The van der Waals surface area contributed by atoms with Crippen LogP contribution in [0.2, 0.25) is 0 Å². The summed E-state index contributed by atoms with van der Waals surface area (Å²) in [7, 11) is 4.26. The summed E-state index contributed by atoms with van der Waals surface area (Å²) in [5.41, 5.74) is 2.83. The Labute approximate surface area is 119 Å². The Kier molecular flexibility index (Phi) is 7.11. The van der Waals surface area contributed by atoms with Crippen LogP contribution in [0.4, 0.5) is 0 Å². The summed E-state index contributed by atoms with van der Waals surface area (Å²) in [6.45, 7) is 7.82. The van der Waals surface area contributed by atoms with E-state index < -0.39 is 0 Å². The van der Waals surface area contributed by atoms with Crippen LogP contribution in [-0.2, 0) is 6.42 Å². The maximum absolute atomic E-state index is 3.44. The van der Waals surface area contributed by atoms with Crippen molar-refractivity contribution < 1.29 is 0 Å². The van der Waals surface area contributed by atoms with Crippen molar-refractivity contribution in [3.05, 3.63) is 35.4 Å². The third-order valence-electron chi connectivity index (χ3n) is 4.08. The molecule has 19 heavy (non-hydrogen) atoms. The van der Waals surface area contributed by atoms with Crippen LogP contribution in [0.15, 0.2) is 24.3 Å². The zero-order valence-electron chi connectivity index (χ0n) is 13.2. The van der Waals surface area contributed by atoms with Gasteiger partial charge in [-0.1, -0.05) is 44.5 Å². The maximum Gasteiger partial charge on any atom is 0.0446 e. The van der Waals surface area contributed by atoms with Gasteiger partial charge in [0, 0.05) is 18.6 Å². The number of hydrogen-bond acceptors (Lipinski definition) is 2. The second-order valence-electron chi connectivity index (χ2n) is 5.53. The standard InChI is InChI=1S/C17H30N2/c1-6-8-15-9-11-16(12-10-15)17(18-4)13-19(5)14(3)7-2/h9-12,14,17-18H,6-8,13H2,1-5H3. The third kappa shape index (κ3) is 4.96. The molecular formula is C17H30N2. The molecule has 0 aromatic heterocycles. The molecule has 0 radical (unpaired) electrons. The van der Waals surface area contributed by atoms with E-state index in [-0.39, 0.29) is 0 Å². The van der Waals surface area contributed by atoms with E-state index in [9.17, 15) is 0 Å². The fourth-order valence-electron chi connectivity index (χ4n) is 2.35. The predicted molar refractivity (Wildman–Crippen MR) is 84.6 cm³/mol. The van der Waals surface area contributed by atoms with E-state index in [0.717, 1.165) is 6.54 Å². The highest BCUT2D eigenvalue weighted by molar-refractivity contribution is 5.25. The van der Waals surface area contributed by atoms with E-state index >= 15 is 0 Å². The molecule has 1 rings (SSSR count). The molecule has 0 aliphatic carbocycles. The number of nitrogens with one attached hydrogen (secondary N) is 1. The molecule has 0 spiro atoms. The predicted octanol–water partition coefficient (Wildman–Crippen LogP) is 3.63. The summed E-state index contributed by atoms with van der Waals surface area (Å²) < 4.78 is 0. The monoisotopic (exact) mass is 262 g/mol. The number of nitrogens with zero attached hydrogens (tertiary/aromatic N) is 1. The van der Waals surface area contributed by atoms with Gasteiger partial charge in [0.2, 0.25) is 0 Å². The Morgan fingerprint density at radius 2 is 1.79 bits per heavy atom. The van der Waals surface area contributed by atoms with Crippen LogP contribution in [-0.4, -0.2) is 31.6 Å². The van der Waals surface area contributed by atoms with Gasteiger partial charge in [-0.15, -0.1) is 0 Å². The van der Waals surface area contributed by atoms with E-state index in [0.29, 0.717) is 12.1 Å². The largest absolute Gasteiger partial charge is 0.312 e. The minimum atomic E-state index is 0.412. The molecule has 1 aromatic carbocycles. The lowest BCUT2D eigenvalue weighted by Gasteiger charge is -2.28. The topological polar surface area (TPSA) is 15.3 Å². The first kappa shape index (κ1) is 16.2. The van der Waals surface area contributed by atoms with Crippen molar-refractivity contribution in [1.29, 1.82) is 0 Å². The average molecular weight is 262 g/mol. The first-order valence-corrected chi connectivity index (χ1v) is 7.58. The molecule has 0 bridgehead atoms.